The molecule has 1 fully saturated rings. The lowest BCUT2D eigenvalue weighted by atomic mass is 9.94. The number of aromatic nitrogens is 3. The highest BCUT2D eigenvalue weighted by Gasteiger charge is 2.21. The Bertz CT molecular complexity index is 1070. The minimum Gasteiger partial charge on any atom is -0.315 e. The van der Waals surface area contributed by atoms with E-state index in [0.29, 0.717) is 5.92 Å². The van der Waals surface area contributed by atoms with Gasteiger partial charge >= 0.3 is 0 Å². The Morgan fingerprint density at radius 3 is 2.38 bits per heavy atom. The summed E-state index contributed by atoms with van der Waals surface area (Å²) < 4.78 is 15.3. The van der Waals surface area contributed by atoms with E-state index in [-0.39, 0.29) is 5.82 Å². The molecule has 5 rings (SSSR count). The standard InChI is InChI=1S/C21H17FN4/c22-18-4-1-15(2-5-18)21-20(14-7-9-23-10-8-14)19-6-3-16(13-26(19)25-21)17-11-24-12-17/h1-10,13,17,24H,11-12H2. The first-order valence-corrected chi connectivity index (χ1v) is 8.69. The van der Waals surface area contributed by atoms with Gasteiger partial charge in [-0.05, 0) is 53.6 Å². The van der Waals surface area contributed by atoms with Crippen molar-refractivity contribution in [1.82, 2.24) is 19.9 Å². The van der Waals surface area contributed by atoms with Gasteiger partial charge in [0.05, 0.1) is 5.52 Å². The van der Waals surface area contributed by atoms with Crippen molar-refractivity contribution in [3.8, 4) is 22.4 Å². The van der Waals surface area contributed by atoms with Gasteiger partial charge in [0.2, 0.25) is 0 Å². The van der Waals surface area contributed by atoms with Gasteiger partial charge in [-0.15, -0.1) is 0 Å². The van der Waals surface area contributed by atoms with Crippen molar-refractivity contribution < 1.29 is 4.39 Å². The Morgan fingerprint density at radius 2 is 1.69 bits per heavy atom. The molecular formula is C21H17FN4. The SMILES string of the molecule is Fc1ccc(-c2nn3cc(C4CNC4)ccc3c2-c2ccncc2)cc1. The molecule has 5 heteroatoms. The normalized spacial score (nSPS) is 14.5. The first-order chi connectivity index (χ1) is 12.8. The Hall–Kier alpha value is -3.05. The molecule has 26 heavy (non-hydrogen) atoms. The van der Waals surface area contributed by atoms with Crippen molar-refractivity contribution >= 4 is 5.52 Å². The number of fused-ring (bicyclic) bond motifs is 1. The van der Waals surface area contributed by atoms with Gasteiger partial charge in [-0.3, -0.25) is 4.98 Å². The average molecular weight is 344 g/mol. The van der Waals surface area contributed by atoms with Crippen molar-refractivity contribution in [1.29, 1.82) is 0 Å². The van der Waals surface area contributed by atoms with Gasteiger partial charge in [-0.2, -0.15) is 5.10 Å². The van der Waals surface area contributed by atoms with Crippen LogP contribution in [0, 0.1) is 5.82 Å². The van der Waals surface area contributed by atoms with E-state index < -0.39 is 0 Å². The number of pyridine rings is 2. The summed E-state index contributed by atoms with van der Waals surface area (Å²) in [6.07, 6.45) is 5.67. The van der Waals surface area contributed by atoms with Crippen LogP contribution in [0.25, 0.3) is 27.9 Å². The predicted molar refractivity (Wildman–Crippen MR) is 99.4 cm³/mol. The second-order valence-electron chi connectivity index (χ2n) is 6.61. The van der Waals surface area contributed by atoms with E-state index in [1.165, 1.54) is 17.7 Å². The molecule has 1 aliphatic heterocycles. The fourth-order valence-electron chi connectivity index (χ4n) is 3.44. The molecule has 1 aliphatic rings. The Balaban J connectivity index is 1.74. The third-order valence-electron chi connectivity index (χ3n) is 4.99. The van der Waals surface area contributed by atoms with Gasteiger partial charge in [0.15, 0.2) is 0 Å². The zero-order chi connectivity index (χ0) is 17.5. The monoisotopic (exact) mass is 344 g/mol. The Morgan fingerprint density at radius 1 is 0.923 bits per heavy atom. The van der Waals surface area contributed by atoms with Crippen LogP contribution < -0.4 is 5.32 Å². The van der Waals surface area contributed by atoms with Crippen LogP contribution in [0.15, 0.2) is 67.1 Å². The molecular weight excluding hydrogens is 327 g/mol. The molecule has 0 amide bonds. The zero-order valence-electron chi connectivity index (χ0n) is 14.1. The highest BCUT2D eigenvalue weighted by Crippen LogP contribution is 2.35. The summed E-state index contributed by atoms with van der Waals surface area (Å²) in [5.41, 5.74) is 6.15. The van der Waals surface area contributed by atoms with Gasteiger partial charge < -0.3 is 5.32 Å². The summed E-state index contributed by atoms with van der Waals surface area (Å²) >= 11 is 0. The number of hydrogen-bond donors (Lipinski definition) is 1. The smallest absolute Gasteiger partial charge is 0.123 e. The maximum atomic E-state index is 13.4. The number of nitrogens with one attached hydrogen (secondary N) is 1. The van der Waals surface area contributed by atoms with Crippen molar-refractivity contribution in [2.45, 2.75) is 5.92 Å². The van der Waals surface area contributed by atoms with Crippen LogP contribution in [-0.2, 0) is 0 Å². The maximum Gasteiger partial charge on any atom is 0.123 e. The summed E-state index contributed by atoms with van der Waals surface area (Å²) in [6, 6.07) is 14.8. The van der Waals surface area contributed by atoms with Crippen LogP contribution in [0.5, 0.6) is 0 Å². The molecule has 0 saturated carbocycles. The lowest BCUT2D eigenvalue weighted by Crippen LogP contribution is -2.39. The third-order valence-corrected chi connectivity index (χ3v) is 4.99. The predicted octanol–water partition coefficient (Wildman–Crippen LogP) is 3.89. The number of nitrogens with zero attached hydrogens (tertiary/aromatic N) is 3. The second-order valence-corrected chi connectivity index (χ2v) is 6.61. The zero-order valence-corrected chi connectivity index (χ0v) is 14.1. The van der Waals surface area contributed by atoms with Crippen LogP contribution in [0.3, 0.4) is 0 Å². The highest BCUT2D eigenvalue weighted by molar-refractivity contribution is 5.92. The molecule has 0 unspecified atom stereocenters. The van der Waals surface area contributed by atoms with E-state index in [4.69, 9.17) is 5.10 Å². The molecule has 0 radical (unpaired) electrons. The van der Waals surface area contributed by atoms with Crippen molar-refractivity contribution in [3.63, 3.8) is 0 Å². The molecule has 4 aromatic rings. The van der Waals surface area contributed by atoms with Crippen LogP contribution >= 0.6 is 0 Å². The fourth-order valence-corrected chi connectivity index (χ4v) is 3.44. The summed E-state index contributed by atoms with van der Waals surface area (Å²) in [5, 5.41) is 8.15. The third kappa shape index (κ3) is 2.48. The lowest BCUT2D eigenvalue weighted by molar-refractivity contribution is 0.447. The molecule has 4 heterocycles. The maximum absolute atomic E-state index is 13.4. The van der Waals surface area contributed by atoms with Crippen molar-refractivity contribution in [2.75, 3.05) is 13.1 Å². The lowest BCUT2D eigenvalue weighted by Gasteiger charge is -2.27. The summed E-state index contributed by atoms with van der Waals surface area (Å²) in [6.45, 7) is 2.02. The quantitative estimate of drug-likeness (QED) is 0.613. The van der Waals surface area contributed by atoms with Crippen molar-refractivity contribution in [3.05, 3.63) is 78.5 Å². The molecule has 4 nitrogen and oxygen atoms in total. The van der Waals surface area contributed by atoms with Gasteiger partial charge in [0.25, 0.3) is 0 Å². The average Bonchev–Trinajstić information content (AvgIpc) is 3.00. The van der Waals surface area contributed by atoms with Crippen LogP contribution in [0.2, 0.25) is 0 Å². The van der Waals surface area contributed by atoms with Gasteiger partial charge in [-0.1, -0.05) is 6.07 Å². The summed E-state index contributed by atoms with van der Waals surface area (Å²) in [4.78, 5) is 4.12. The van der Waals surface area contributed by atoms with Gasteiger partial charge in [0, 0.05) is 48.7 Å². The van der Waals surface area contributed by atoms with Crippen LogP contribution in [-0.4, -0.2) is 27.7 Å². The van der Waals surface area contributed by atoms with Gasteiger partial charge in [0.1, 0.15) is 11.5 Å². The van der Waals surface area contributed by atoms with E-state index in [1.807, 2.05) is 16.6 Å². The molecule has 0 bridgehead atoms. The summed E-state index contributed by atoms with van der Waals surface area (Å²) in [7, 11) is 0. The largest absolute Gasteiger partial charge is 0.315 e. The Labute approximate surface area is 150 Å². The van der Waals surface area contributed by atoms with Crippen molar-refractivity contribution in [2.24, 2.45) is 0 Å². The highest BCUT2D eigenvalue weighted by atomic mass is 19.1. The van der Waals surface area contributed by atoms with Crippen LogP contribution in [0.1, 0.15) is 11.5 Å². The molecule has 128 valence electrons. The van der Waals surface area contributed by atoms with E-state index >= 15 is 0 Å². The minimum absolute atomic E-state index is 0.247. The number of rotatable bonds is 3. The number of hydrogen-bond acceptors (Lipinski definition) is 3. The Kier molecular flexibility index (Phi) is 3.53. The molecule has 1 saturated heterocycles. The van der Waals surface area contributed by atoms with E-state index in [9.17, 15) is 4.39 Å². The van der Waals surface area contributed by atoms with E-state index in [2.05, 4.69) is 28.6 Å². The topological polar surface area (TPSA) is 42.2 Å². The minimum atomic E-state index is -0.247. The fraction of sp³-hybridized carbons (Fsp3) is 0.143. The summed E-state index contributed by atoms with van der Waals surface area (Å²) in [5.74, 6) is 0.296. The first-order valence-electron chi connectivity index (χ1n) is 8.69. The number of halogens is 1. The van der Waals surface area contributed by atoms with E-state index in [1.54, 1.807) is 24.5 Å². The molecule has 1 N–H and O–H groups in total. The molecule has 0 atom stereocenters. The van der Waals surface area contributed by atoms with Gasteiger partial charge in [-0.25, -0.2) is 8.91 Å². The molecule has 0 spiro atoms. The van der Waals surface area contributed by atoms with Crippen LogP contribution in [0.4, 0.5) is 4.39 Å². The molecule has 1 aromatic carbocycles. The second kappa shape index (κ2) is 6.04. The number of benzene rings is 1. The molecule has 3 aromatic heterocycles. The molecule has 0 aliphatic carbocycles. The first kappa shape index (κ1) is 15.2. The van der Waals surface area contributed by atoms with E-state index in [0.717, 1.165) is 41.0 Å².